The van der Waals surface area contributed by atoms with E-state index in [1.807, 2.05) is 0 Å². The third kappa shape index (κ3) is 3.61. The first-order chi connectivity index (χ1) is 13.6. The smallest absolute Gasteiger partial charge is 0.339 e. The first-order valence-electron chi connectivity index (χ1n) is 8.96. The number of aromatic nitrogens is 1. The topological polar surface area (TPSA) is 135 Å². The van der Waals surface area contributed by atoms with E-state index in [1.165, 1.54) is 45.8 Å². The van der Waals surface area contributed by atoms with Crippen molar-refractivity contribution in [2.45, 2.75) is 49.0 Å². The Morgan fingerprint density at radius 3 is 2.45 bits per heavy atom. The molecule has 10 nitrogen and oxygen atoms in total. The number of ether oxygens (including phenoxy) is 1. The van der Waals surface area contributed by atoms with Crippen LogP contribution < -0.4 is 10.7 Å². The molecule has 2 fully saturated rings. The maximum Gasteiger partial charge on any atom is 0.339 e. The second-order valence-corrected chi connectivity index (χ2v) is 8.99. The lowest BCUT2D eigenvalue weighted by Gasteiger charge is -2.43. The molecule has 0 aliphatic carbocycles. The van der Waals surface area contributed by atoms with Gasteiger partial charge in [-0.3, -0.25) is 14.4 Å². The second kappa shape index (κ2) is 7.54. The molecular formula is C18H21N3O7S. The number of fused-ring (bicyclic) bond motifs is 1. The van der Waals surface area contributed by atoms with Crippen LogP contribution in [-0.4, -0.2) is 67.1 Å². The Labute approximate surface area is 170 Å². The van der Waals surface area contributed by atoms with Crippen LogP contribution in [0.25, 0.3) is 0 Å². The van der Waals surface area contributed by atoms with E-state index in [1.54, 1.807) is 20.8 Å². The van der Waals surface area contributed by atoms with Gasteiger partial charge in [-0.05, 0) is 20.8 Å². The Balaban J connectivity index is 1.81. The average Bonchev–Trinajstić information content (AvgIpc) is 2.90. The Morgan fingerprint density at radius 2 is 1.90 bits per heavy atom. The van der Waals surface area contributed by atoms with E-state index in [4.69, 9.17) is 4.74 Å². The predicted molar refractivity (Wildman–Crippen MR) is 102 cm³/mol. The van der Waals surface area contributed by atoms with Crippen molar-refractivity contribution >= 4 is 35.5 Å². The molecule has 2 N–H and O–H groups in total. The molecule has 3 heterocycles. The van der Waals surface area contributed by atoms with Gasteiger partial charge in [0.1, 0.15) is 17.5 Å². The molecule has 1 aromatic rings. The summed E-state index contributed by atoms with van der Waals surface area (Å²) in [5.41, 5.74) is -0.293. The number of esters is 1. The van der Waals surface area contributed by atoms with Crippen LogP contribution in [0.15, 0.2) is 29.3 Å². The molecule has 0 saturated carbocycles. The van der Waals surface area contributed by atoms with Crippen molar-refractivity contribution in [3.8, 4) is 0 Å². The van der Waals surface area contributed by atoms with Crippen LogP contribution in [0.4, 0.5) is 0 Å². The van der Waals surface area contributed by atoms with Gasteiger partial charge in [-0.1, -0.05) is 0 Å². The fourth-order valence-corrected chi connectivity index (χ4v) is 5.18. The molecular weight excluding hydrogens is 402 g/mol. The molecule has 29 heavy (non-hydrogen) atoms. The van der Waals surface area contributed by atoms with Crippen molar-refractivity contribution in [1.29, 1.82) is 0 Å². The van der Waals surface area contributed by atoms with Gasteiger partial charge in [0.05, 0.1) is 6.61 Å². The number of carbonyl (C=O) groups excluding carboxylic acids is 3. The number of aliphatic carboxylic acids is 1. The Hall–Kier alpha value is -2.82. The summed E-state index contributed by atoms with van der Waals surface area (Å²) in [6.45, 7) is 5.09. The Morgan fingerprint density at radius 1 is 1.28 bits per heavy atom. The minimum absolute atomic E-state index is 0.0475. The lowest BCUT2D eigenvalue weighted by atomic mass is 9.96. The van der Waals surface area contributed by atoms with Crippen LogP contribution in [0.3, 0.4) is 0 Å². The maximum absolute atomic E-state index is 12.9. The number of rotatable bonds is 6. The fourth-order valence-electron chi connectivity index (χ4n) is 3.56. The van der Waals surface area contributed by atoms with Crippen molar-refractivity contribution in [2.75, 3.05) is 6.61 Å². The van der Waals surface area contributed by atoms with Crippen LogP contribution in [0.2, 0.25) is 0 Å². The molecule has 2 aliphatic rings. The summed E-state index contributed by atoms with van der Waals surface area (Å²) in [5, 5.41) is 11.5. The molecule has 156 valence electrons. The number of thioether (sulfide) groups is 1. The summed E-state index contributed by atoms with van der Waals surface area (Å²) in [6.07, 6.45) is 2.57. The molecule has 3 rings (SSSR count). The zero-order valence-electron chi connectivity index (χ0n) is 16.0. The zero-order valence-corrected chi connectivity index (χ0v) is 16.8. The summed E-state index contributed by atoms with van der Waals surface area (Å²) in [4.78, 5) is 61.9. The highest BCUT2D eigenvalue weighted by Crippen LogP contribution is 2.50. The standard InChI is InChI=1S/C18H21N3O7S/c1-4-28-17(27)11(20-7-5-9(22)6-8-20)13(23)19-10-14(24)21-12(16(25)26)18(2,3)29-15(10)21/h5-8,10-12,15H,4H2,1-3H3,(H,19,23)(H,25,26)/t10?,11?,12-,15+/m0/s1. The molecule has 0 bridgehead atoms. The predicted octanol–water partition coefficient (Wildman–Crippen LogP) is -0.416. The number of β-lactam (4-membered cyclic amide) rings is 1. The van der Waals surface area contributed by atoms with E-state index in [0.717, 1.165) is 0 Å². The molecule has 2 unspecified atom stereocenters. The largest absolute Gasteiger partial charge is 0.480 e. The van der Waals surface area contributed by atoms with E-state index >= 15 is 0 Å². The van der Waals surface area contributed by atoms with Gasteiger partial charge < -0.3 is 24.6 Å². The van der Waals surface area contributed by atoms with Gasteiger partial charge in [-0.2, -0.15) is 0 Å². The number of nitrogens with zero attached hydrogens (tertiary/aromatic N) is 2. The monoisotopic (exact) mass is 423 g/mol. The third-order valence-electron chi connectivity index (χ3n) is 4.85. The molecule has 11 heteroatoms. The molecule has 0 radical (unpaired) electrons. The number of carboxylic acids is 1. The van der Waals surface area contributed by atoms with E-state index in [-0.39, 0.29) is 12.0 Å². The van der Waals surface area contributed by atoms with Crippen LogP contribution in [0, 0.1) is 0 Å². The lowest BCUT2D eigenvalue weighted by Crippen LogP contribution is -2.71. The second-order valence-electron chi connectivity index (χ2n) is 7.22. The van der Waals surface area contributed by atoms with Crippen molar-refractivity contribution in [2.24, 2.45) is 0 Å². The van der Waals surface area contributed by atoms with Gasteiger partial charge in [0.2, 0.25) is 11.9 Å². The number of carbonyl (C=O) groups is 4. The summed E-state index contributed by atoms with van der Waals surface area (Å²) < 4.78 is 5.45. The Bertz CT molecular complexity index is 908. The average molecular weight is 423 g/mol. The minimum atomic E-state index is -1.42. The molecule has 1 aromatic heterocycles. The van der Waals surface area contributed by atoms with Crippen molar-refractivity contribution in [3.05, 3.63) is 34.7 Å². The van der Waals surface area contributed by atoms with Crippen molar-refractivity contribution in [3.63, 3.8) is 0 Å². The number of hydrogen-bond donors (Lipinski definition) is 2. The van der Waals surface area contributed by atoms with E-state index in [2.05, 4.69) is 5.32 Å². The lowest BCUT2D eigenvalue weighted by molar-refractivity contribution is -0.162. The quantitative estimate of drug-likeness (QED) is 0.358. The van der Waals surface area contributed by atoms with Gasteiger partial charge in [0.25, 0.3) is 5.91 Å². The number of carboxylic acid groups (broad SMARTS) is 1. The van der Waals surface area contributed by atoms with Gasteiger partial charge in [-0.15, -0.1) is 11.8 Å². The van der Waals surface area contributed by atoms with Crippen LogP contribution in [0.1, 0.15) is 26.8 Å². The SMILES string of the molecule is CCOC(=O)C(C(=O)NC1C(=O)N2[C@@H]1SC(C)(C)[C@@H]2C(=O)O)n1ccc(=O)cc1. The van der Waals surface area contributed by atoms with Gasteiger partial charge >= 0.3 is 11.9 Å². The highest BCUT2D eigenvalue weighted by Gasteiger charge is 2.64. The summed E-state index contributed by atoms with van der Waals surface area (Å²) in [6, 6.07) is -0.983. The fraction of sp³-hybridized carbons (Fsp3) is 0.500. The van der Waals surface area contributed by atoms with Crippen LogP contribution in [0.5, 0.6) is 0 Å². The molecule has 2 aliphatic heterocycles. The van der Waals surface area contributed by atoms with Crippen molar-refractivity contribution in [1.82, 2.24) is 14.8 Å². The van der Waals surface area contributed by atoms with Crippen LogP contribution in [-0.2, 0) is 23.9 Å². The Kier molecular flexibility index (Phi) is 5.44. The highest BCUT2D eigenvalue weighted by atomic mass is 32.2. The molecule has 4 atom stereocenters. The van der Waals surface area contributed by atoms with E-state index < -0.39 is 52.0 Å². The van der Waals surface area contributed by atoms with Crippen LogP contribution >= 0.6 is 11.8 Å². The zero-order chi connectivity index (χ0) is 21.5. The third-order valence-corrected chi connectivity index (χ3v) is 6.42. The van der Waals surface area contributed by atoms with Gasteiger partial charge in [0.15, 0.2) is 5.43 Å². The number of pyridine rings is 1. The highest BCUT2D eigenvalue weighted by molar-refractivity contribution is 8.01. The summed E-state index contributed by atoms with van der Waals surface area (Å²) in [7, 11) is 0. The summed E-state index contributed by atoms with van der Waals surface area (Å²) >= 11 is 1.28. The van der Waals surface area contributed by atoms with Gasteiger partial charge in [-0.25, -0.2) is 9.59 Å². The first-order valence-corrected chi connectivity index (χ1v) is 9.84. The van der Waals surface area contributed by atoms with Gasteiger partial charge in [0, 0.05) is 29.3 Å². The molecule has 2 saturated heterocycles. The number of nitrogens with one attached hydrogen (secondary N) is 1. The first kappa shape index (κ1) is 20.9. The normalized spacial score (nSPS) is 25.6. The number of amides is 2. The maximum atomic E-state index is 12.9. The number of hydrogen-bond acceptors (Lipinski definition) is 7. The van der Waals surface area contributed by atoms with E-state index in [9.17, 15) is 29.1 Å². The van der Waals surface area contributed by atoms with E-state index in [0.29, 0.717) is 0 Å². The minimum Gasteiger partial charge on any atom is -0.480 e. The molecule has 0 aromatic carbocycles. The van der Waals surface area contributed by atoms with Crippen molar-refractivity contribution < 1.29 is 29.0 Å². The molecule has 2 amide bonds. The summed E-state index contributed by atoms with van der Waals surface area (Å²) in [5.74, 6) is -3.24. The molecule has 0 spiro atoms.